The number of ketones is 1. The van der Waals surface area contributed by atoms with Crippen molar-refractivity contribution in [2.45, 2.75) is 13.5 Å². The van der Waals surface area contributed by atoms with Crippen molar-refractivity contribution in [1.82, 2.24) is 9.55 Å². The third-order valence-electron chi connectivity index (χ3n) is 4.93. The van der Waals surface area contributed by atoms with Gasteiger partial charge in [-0.3, -0.25) is 14.4 Å². The van der Waals surface area contributed by atoms with Crippen LogP contribution in [0.5, 0.6) is 0 Å². The van der Waals surface area contributed by atoms with Crippen LogP contribution >= 0.6 is 11.6 Å². The number of carbonyl (C=O) groups is 2. The standard InChI is InChI=1S/C24H16ClF2N3O3/c1-13-2-8-17-23(33)18(22(32)14-3-5-15(25)6-4-14)11-30(24(17)28-13)12-21(31)29-20-9-7-16(26)10-19(20)27/h2-11H,12H2,1H3,(H,29,31). The van der Waals surface area contributed by atoms with E-state index in [-0.39, 0.29) is 34.4 Å². The van der Waals surface area contributed by atoms with E-state index in [0.29, 0.717) is 16.8 Å². The molecule has 0 saturated carbocycles. The van der Waals surface area contributed by atoms with E-state index < -0.39 is 28.8 Å². The van der Waals surface area contributed by atoms with Crippen LogP contribution in [-0.2, 0) is 11.3 Å². The number of carbonyl (C=O) groups excluding carboxylic acids is 2. The average molecular weight is 468 g/mol. The Hall–Kier alpha value is -3.91. The monoisotopic (exact) mass is 467 g/mol. The Morgan fingerprint density at radius 3 is 2.48 bits per heavy atom. The zero-order valence-corrected chi connectivity index (χ0v) is 18.0. The second kappa shape index (κ2) is 8.91. The first kappa shape index (κ1) is 22.3. The average Bonchev–Trinajstić information content (AvgIpc) is 2.77. The van der Waals surface area contributed by atoms with Crippen molar-refractivity contribution in [3.05, 3.63) is 104 Å². The molecule has 2 heterocycles. The maximum Gasteiger partial charge on any atom is 0.244 e. The number of rotatable bonds is 5. The van der Waals surface area contributed by atoms with Gasteiger partial charge in [-0.25, -0.2) is 13.8 Å². The molecule has 0 atom stereocenters. The van der Waals surface area contributed by atoms with E-state index in [1.54, 1.807) is 13.0 Å². The zero-order chi connectivity index (χ0) is 23.7. The number of amides is 1. The van der Waals surface area contributed by atoms with Crippen LogP contribution < -0.4 is 10.7 Å². The lowest BCUT2D eigenvalue weighted by Crippen LogP contribution is -2.25. The van der Waals surface area contributed by atoms with Gasteiger partial charge in [0.15, 0.2) is 5.78 Å². The van der Waals surface area contributed by atoms with Gasteiger partial charge in [0.25, 0.3) is 0 Å². The number of hydrogen-bond donors (Lipinski definition) is 1. The summed E-state index contributed by atoms with van der Waals surface area (Å²) in [6.45, 7) is 1.35. The molecule has 4 rings (SSSR count). The Labute approximate surface area is 191 Å². The first-order valence-corrected chi connectivity index (χ1v) is 10.2. The van der Waals surface area contributed by atoms with Gasteiger partial charge >= 0.3 is 0 Å². The van der Waals surface area contributed by atoms with Crippen molar-refractivity contribution in [2.24, 2.45) is 0 Å². The number of anilines is 1. The molecule has 0 fully saturated rings. The van der Waals surface area contributed by atoms with Gasteiger partial charge in [-0.05, 0) is 55.5 Å². The molecule has 0 aliphatic rings. The lowest BCUT2D eigenvalue weighted by molar-refractivity contribution is -0.116. The van der Waals surface area contributed by atoms with Crippen molar-refractivity contribution < 1.29 is 18.4 Å². The second-order valence-electron chi connectivity index (χ2n) is 7.33. The number of nitrogens with one attached hydrogen (secondary N) is 1. The molecular formula is C24H16ClF2N3O3. The Morgan fingerprint density at radius 2 is 1.79 bits per heavy atom. The third kappa shape index (κ3) is 4.65. The smallest absolute Gasteiger partial charge is 0.244 e. The largest absolute Gasteiger partial charge is 0.322 e. The van der Waals surface area contributed by atoms with Crippen LogP contribution in [0.15, 0.2) is 65.6 Å². The Bertz CT molecular complexity index is 1470. The predicted molar refractivity (Wildman–Crippen MR) is 121 cm³/mol. The highest BCUT2D eigenvalue weighted by molar-refractivity contribution is 6.30. The molecule has 166 valence electrons. The van der Waals surface area contributed by atoms with E-state index in [0.717, 1.165) is 12.1 Å². The molecule has 0 aliphatic carbocycles. The molecule has 0 aliphatic heterocycles. The highest BCUT2D eigenvalue weighted by atomic mass is 35.5. The molecule has 2 aromatic carbocycles. The molecule has 33 heavy (non-hydrogen) atoms. The number of nitrogens with zero attached hydrogens (tertiary/aromatic N) is 2. The van der Waals surface area contributed by atoms with Gasteiger partial charge in [0.2, 0.25) is 11.3 Å². The number of aryl methyl sites for hydroxylation is 1. The van der Waals surface area contributed by atoms with Crippen LogP contribution in [0.4, 0.5) is 14.5 Å². The highest BCUT2D eigenvalue weighted by Gasteiger charge is 2.19. The van der Waals surface area contributed by atoms with E-state index in [1.807, 2.05) is 0 Å². The molecule has 6 nitrogen and oxygen atoms in total. The molecule has 0 radical (unpaired) electrons. The van der Waals surface area contributed by atoms with Crippen LogP contribution in [0, 0.1) is 18.6 Å². The van der Waals surface area contributed by atoms with Crippen molar-refractivity contribution >= 4 is 40.0 Å². The van der Waals surface area contributed by atoms with Crippen molar-refractivity contribution in [1.29, 1.82) is 0 Å². The molecule has 1 N–H and O–H groups in total. The van der Waals surface area contributed by atoms with Gasteiger partial charge in [-0.1, -0.05) is 11.6 Å². The quantitative estimate of drug-likeness (QED) is 0.438. The first-order chi connectivity index (χ1) is 15.7. The van der Waals surface area contributed by atoms with Crippen molar-refractivity contribution in [3.8, 4) is 0 Å². The first-order valence-electron chi connectivity index (χ1n) is 9.79. The van der Waals surface area contributed by atoms with Gasteiger partial charge in [-0.15, -0.1) is 0 Å². The fourth-order valence-electron chi connectivity index (χ4n) is 3.33. The summed E-state index contributed by atoms with van der Waals surface area (Å²) in [5, 5.41) is 2.95. The van der Waals surface area contributed by atoms with Crippen LogP contribution in [0.2, 0.25) is 5.02 Å². The molecule has 2 aromatic heterocycles. The summed E-state index contributed by atoms with van der Waals surface area (Å²) in [7, 11) is 0. The summed E-state index contributed by atoms with van der Waals surface area (Å²) < 4.78 is 28.4. The fraction of sp³-hybridized carbons (Fsp3) is 0.0833. The Morgan fingerprint density at radius 1 is 1.06 bits per heavy atom. The normalized spacial score (nSPS) is 10.9. The number of fused-ring (bicyclic) bond motifs is 1. The molecule has 1 amide bonds. The van der Waals surface area contributed by atoms with Gasteiger partial charge < -0.3 is 9.88 Å². The minimum absolute atomic E-state index is 0.154. The molecule has 0 saturated heterocycles. The van der Waals surface area contributed by atoms with E-state index in [4.69, 9.17) is 11.6 Å². The van der Waals surface area contributed by atoms with Gasteiger partial charge in [0.1, 0.15) is 23.8 Å². The number of benzene rings is 2. The zero-order valence-electron chi connectivity index (χ0n) is 17.2. The summed E-state index contributed by atoms with van der Waals surface area (Å²) in [6, 6.07) is 12.0. The number of aromatic nitrogens is 2. The minimum atomic E-state index is -0.930. The molecular weight excluding hydrogens is 452 g/mol. The predicted octanol–water partition coefficient (Wildman–Crippen LogP) is 4.51. The van der Waals surface area contributed by atoms with Gasteiger partial charge in [-0.2, -0.15) is 0 Å². The summed E-state index contributed by atoms with van der Waals surface area (Å²) >= 11 is 5.88. The lowest BCUT2D eigenvalue weighted by atomic mass is 10.0. The van der Waals surface area contributed by atoms with Crippen LogP contribution in [0.3, 0.4) is 0 Å². The highest BCUT2D eigenvalue weighted by Crippen LogP contribution is 2.18. The van der Waals surface area contributed by atoms with E-state index in [9.17, 15) is 23.2 Å². The van der Waals surface area contributed by atoms with Crippen LogP contribution in [-0.4, -0.2) is 21.2 Å². The SMILES string of the molecule is Cc1ccc2c(=O)c(C(=O)c3ccc(Cl)cc3)cn(CC(=O)Nc3ccc(F)cc3F)c2n1. The Kier molecular flexibility index (Phi) is 6.02. The fourth-order valence-corrected chi connectivity index (χ4v) is 3.46. The van der Waals surface area contributed by atoms with Gasteiger partial charge in [0, 0.05) is 28.5 Å². The number of halogens is 3. The number of pyridine rings is 2. The summed E-state index contributed by atoms with van der Waals surface area (Å²) in [6.07, 6.45) is 1.26. The summed E-state index contributed by atoms with van der Waals surface area (Å²) in [5.41, 5.74) is 0.156. The summed E-state index contributed by atoms with van der Waals surface area (Å²) in [5.74, 6) is -2.90. The van der Waals surface area contributed by atoms with E-state index >= 15 is 0 Å². The second-order valence-corrected chi connectivity index (χ2v) is 7.77. The Balaban J connectivity index is 1.76. The topological polar surface area (TPSA) is 81.1 Å². The lowest BCUT2D eigenvalue weighted by Gasteiger charge is -2.13. The maximum absolute atomic E-state index is 13.9. The van der Waals surface area contributed by atoms with Gasteiger partial charge in [0.05, 0.1) is 16.6 Å². The van der Waals surface area contributed by atoms with Crippen LogP contribution in [0.1, 0.15) is 21.6 Å². The van der Waals surface area contributed by atoms with E-state index in [2.05, 4.69) is 10.3 Å². The number of hydrogen-bond acceptors (Lipinski definition) is 4. The molecule has 0 bridgehead atoms. The van der Waals surface area contributed by atoms with E-state index in [1.165, 1.54) is 41.1 Å². The summed E-state index contributed by atoms with van der Waals surface area (Å²) in [4.78, 5) is 43.0. The molecule has 4 aromatic rings. The van der Waals surface area contributed by atoms with Crippen LogP contribution in [0.25, 0.3) is 11.0 Å². The molecule has 0 unspecified atom stereocenters. The van der Waals surface area contributed by atoms with Crippen molar-refractivity contribution in [3.63, 3.8) is 0 Å². The van der Waals surface area contributed by atoms with Crippen molar-refractivity contribution in [2.75, 3.05) is 5.32 Å². The maximum atomic E-state index is 13.9. The minimum Gasteiger partial charge on any atom is -0.322 e. The molecule has 0 spiro atoms. The third-order valence-corrected chi connectivity index (χ3v) is 5.18. The molecule has 9 heteroatoms.